The van der Waals surface area contributed by atoms with E-state index in [4.69, 9.17) is 10.6 Å². The fourth-order valence-electron chi connectivity index (χ4n) is 3.70. The average Bonchev–Trinajstić information content (AvgIpc) is 3.28. The number of carboxylic acids is 1. The lowest BCUT2D eigenvalue weighted by molar-refractivity contribution is -0.160. The molecule has 0 unspecified atom stereocenters. The van der Waals surface area contributed by atoms with Crippen LogP contribution in [0.3, 0.4) is 0 Å². The van der Waals surface area contributed by atoms with E-state index in [2.05, 4.69) is 15.5 Å². The highest BCUT2D eigenvalue weighted by atomic mass is 32.2. The fourth-order valence-corrected chi connectivity index (χ4v) is 5.87. The number of benzene rings is 1. The van der Waals surface area contributed by atoms with Crippen LogP contribution < -0.4 is 11.1 Å². The molecule has 3 atom stereocenters. The molecule has 0 spiro atoms. The van der Waals surface area contributed by atoms with Crippen LogP contribution in [-0.2, 0) is 25.8 Å². The third-order valence-electron chi connectivity index (χ3n) is 5.17. The summed E-state index contributed by atoms with van der Waals surface area (Å²) < 4.78 is -0.690. The van der Waals surface area contributed by atoms with Gasteiger partial charge in [-0.15, -0.1) is 23.1 Å². The summed E-state index contributed by atoms with van der Waals surface area (Å²) in [4.78, 5) is 48.1. The second-order valence-corrected chi connectivity index (χ2v) is 10.5. The van der Waals surface area contributed by atoms with Crippen LogP contribution in [0.4, 0.5) is 5.13 Å². The van der Waals surface area contributed by atoms with E-state index in [1.165, 1.54) is 16.7 Å². The number of nitrogens with one attached hydrogen (secondary N) is 1. The zero-order chi connectivity index (χ0) is 23.0. The van der Waals surface area contributed by atoms with E-state index in [0.717, 1.165) is 16.9 Å². The molecule has 2 amide bonds. The van der Waals surface area contributed by atoms with Crippen LogP contribution in [0.2, 0.25) is 0 Å². The first-order chi connectivity index (χ1) is 15.2. The summed E-state index contributed by atoms with van der Waals surface area (Å²) in [5.41, 5.74) is 6.68. The predicted octanol–water partition coefficient (Wildman–Crippen LogP) is 1.28. The van der Waals surface area contributed by atoms with Gasteiger partial charge in [0.1, 0.15) is 29.8 Å². The standard InChI is InChI=1S/C20H21N5O5S2/c1-20(2)14(18(28)29)25-16(27)13(17(25)32-20)23-15(26)12(11-9-31-19(21)22-11)24-30-8-10-6-4-3-5-7-10/h3-7,9,13-14,17H,8H2,1-2H3,(H2,21,22)(H,23,26)(H,28,29)/b24-12-/t13-,14-,17+/m0/s1. The highest BCUT2D eigenvalue weighted by molar-refractivity contribution is 8.01. The van der Waals surface area contributed by atoms with Crippen LogP contribution in [-0.4, -0.2) is 60.7 Å². The van der Waals surface area contributed by atoms with E-state index >= 15 is 0 Å². The second kappa shape index (κ2) is 8.43. The number of oxime groups is 1. The first kappa shape index (κ1) is 22.1. The molecule has 10 nitrogen and oxygen atoms in total. The van der Waals surface area contributed by atoms with Crippen LogP contribution in [0.1, 0.15) is 25.1 Å². The van der Waals surface area contributed by atoms with Gasteiger partial charge in [-0.2, -0.15) is 0 Å². The van der Waals surface area contributed by atoms with Gasteiger partial charge in [-0.25, -0.2) is 9.78 Å². The summed E-state index contributed by atoms with van der Waals surface area (Å²) in [5.74, 6) is -2.17. The highest BCUT2D eigenvalue weighted by Gasteiger charge is 2.64. The van der Waals surface area contributed by atoms with E-state index < -0.39 is 40.0 Å². The van der Waals surface area contributed by atoms with Gasteiger partial charge in [0.25, 0.3) is 5.91 Å². The molecule has 2 saturated heterocycles. The number of carboxylic acid groups (broad SMARTS) is 1. The summed E-state index contributed by atoms with van der Waals surface area (Å²) in [6.45, 7) is 3.67. The third-order valence-corrected chi connectivity index (χ3v) is 7.42. The molecule has 0 saturated carbocycles. The monoisotopic (exact) mass is 475 g/mol. The number of β-lactam (4-membered cyclic amide) rings is 1. The second-order valence-electron chi connectivity index (χ2n) is 7.82. The zero-order valence-electron chi connectivity index (χ0n) is 17.2. The van der Waals surface area contributed by atoms with Crippen LogP contribution in [0, 0.1) is 0 Å². The Labute approximate surface area is 191 Å². The van der Waals surface area contributed by atoms with Gasteiger partial charge in [-0.05, 0) is 19.4 Å². The van der Waals surface area contributed by atoms with Gasteiger partial charge in [0.15, 0.2) is 10.8 Å². The molecule has 3 heterocycles. The number of thioether (sulfide) groups is 1. The number of nitrogen functional groups attached to an aromatic ring is 1. The van der Waals surface area contributed by atoms with Crippen molar-refractivity contribution in [1.82, 2.24) is 15.2 Å². The van der Waals surface area contributed by atoms with Crippen LogP contribution in [0.5, 0.6) is 0 Å². The normalized spacial score (nSPS) is 23.9. The lowest BCUT2D eigenvalue weighted by Gasteiger charge is -2.43. The maximum atomic E-state index is 13.0. The molecule has 2 aromatic rings. The van der Waals surface area contributed by atoms with Gasteiger partial charge in [0, 0.05) is 10.1 Å². The molecule has 12 heteroatoms. The van der Waals surface area contributed by atoms with Crippen molar-refractivity contribution in [2.24, 2.45) is 5.16 Å². The van der Waals surface area contributed by atoms with Crippen molar-refractivity contribution < 1.29 is 24.3 Å². The number of thiazole rings is 1. The molecule has 0 radical (unpaired) electrons. The van der Waals surface area contributed by atoms with E-state index in [0.29, 0.717) is 0 Å². The van der Waals surface area contributed by atoms with E-state index in [1.54, 1.807) is 19.2 Å². The summed E-state index contributed by atoms with van der Waals surface area (Å²) in [7, 11) is 0. The number of carbonyl (C=O) groups is 3. The quantitative estimate of drug-likeness (QED) is 0.308. The number of aliphatic carboxylic acids is 1. The number of fused-ring (bicyclic) bond motifs is 1. The molecule has 1 aromatic carbocycles. The van der Waals surface area contributed by atoms with Crippen molar-refractivity contribution in [2.75, 3.05) is 5.73 Å². The Hall–Kier alpha value is -3.12. The number of aromatic nitrogens is 1. The number of nitrogens with zero attached hydrogens (tertiary/aromatic N) is 3. The number of nitrogens with two attached hydrogens (primary N) is 1. The van der Waals surface area contributed by atoms with Crippen molar-refractivity contribution in [3.05, 3.63) is 47.0 Å². The van der Waals surface area contributed by atoms with Gasteiger partial charge >= 0.3 is 5.97 Å². The Morgan fingerprint density at radius 3 is 2.69 bits per heavy atom. The minimum Gasteiger partial charge on any atom is -0.480 e. The number of amides is 2. The van der Waals surface area contributed by atoms with Gasteiger partial charge in [0.2, 0.25) is 5.91 Å². The van der Waals surface area contributed by atoms with E-state index in [9.17, 15) is 19.5 Å². The SMILES string of the molecule is CC1(C)S[C@@H]2[C@@H](NC(=O)/C(=N\OCc3ccccc3)c3csc(N)n3)C(=O)N2[C@H]1C(=O)O. The largest absolute Gasteiger partial charge is 0.480 e. The average molecular weight is 476 g/mol. The maximum Gasteiger partial charge on any atom is 0.327 e. The van der Waals surface area contributed by atoms with Crippen molar-refractivity contribution in [2.45, 2.75) is 42.7 Å². The molecule has 1 aromatic heterocycles. The van der Waals surface area contributed by atoms with E-state index in [-0.39, 0.29) is 23.1 Å². The highest BCUT2D eigenvalue weighted by Crippen LogP contribution is 2.50. The van der Waals surface area contributed by atoms with Crippen LogP contribution in [0.15, 0.2) is 40.9 Å². The summed E-state index contributed by atoms with van der Waals surface area (Å²) >= 11 is 2.48. The predicted molar refractivity (Wildman–Crippen MR) is 120 cm³/mol. The molecule has 4 rings (SSSR count). The Balaban J connectivity index is 1.50. The molecule has 32 heavy (non-hydrogen) atoms. The first-order valence-electron chi connectivity index (χ1n) is 9.68. The van der Waals surface area contributed by atoms with Crippen molar-refractivity contribution >= 4 is 51.7 Å². The molecule has 0 bridgehead atoms. The number of hydrogen-bond acceptors (Lipinski definition) is 9. The zero-order valence-corrected chi connectivity index (χ0v) is 18.9. The van der Waals surface area contributed by atoms with E-state index in [1.807, 2.05) is 30.3 Å². The minimum absolute atomic E-state index is 0.114. The molecular weight excluding hydrogens is 454 g/mol. The Kier molecular flexibility index (Phi) is 5.82. The lowest BCUT2D eigenvalue weighted by Crippen LogP contribution is -2.71. The Morgan fingerprint density at radius 2 is 2.06 bits per heavy atom. The van der Waals surface area contributed by atoms with Crippen molar-refractivity contribution in [3.63, 3.8) is 0 Å². The molecular formula is C20H21N5O5S2. The first-order valence-corrected chi connectivity index (χ1v) is 11.4. The number of carbonyl (C=O) groups excluding carboxylic acids is 2. The third kappa shape index (κ3) is 4.02. The van der Waals surface area contributed by atoms with Crippen molar-refractivity contribution in [3.8, 4) is 0 Å². The van der Waals surface area contributed by atoms with Gasteiger partial charge in [-0.1, -0.05) is 35.5 Å². The Bertz CT molecular complexity index is 1090. The summed E-state index contributed by atoms with van der Waals surface area (Å²) in [6.07, 6.45) is 0. The van der Waals surface area contributed by atoms with Crippen LogP contribution >= 0.6 is 23.1 Å². The van der Waals surface area contributed by atoms with Crippen LogP contribution in [0.25, 0.3) is 0 Å². The summed E-state index contributed by atoms with van der Waals surface area (Å²) in [6, 6.07) is 7.47. The fraction of sp³-hybridized carbons (Fsp3) is 0.350. The number of rotatable bonds is 7. The molecule has 4 N–H and O–H groups in total. The molecule has 0 aliphatic carbocycles. The molecule has 168 valence electrons. The number of hydrogen-bond donors (Lipinski definition) is 3. The summed E-state index contributed by atoms with van der Waals surface area (Å²) in [5, 5.41) is 17.5. The lowest BCUT2D eigenvalue weighted by atomic mass is 9.96. The van der Waals surface area contributed by atoms with Gasteiger partial charge in [-0.3, -0.25) is 9.59 Å². The molecule has 2 aliphatic rings. The van der Waals surface area contributed by atoms with Gasteiger partial charge < -0.3 is 25.9 Å². The van der Waals surface area contributed by atoms with Crippen molar-refractivity contribution in [1.29, 1.82) is 0 Å². The topological polar surface area (TPSA) is 147 Å². The minimum atomic E-state index is -1.07. The van der Waals surface area contributed by atoms with Gasteiger partial charge in [0.05, 0.1) is 0 Å². The maximum absolute atomic E-state index is 13.0. The molecule has 2 aliphatic heterocycles. The number of anilines is 1. The Morgan fingerprint density at radius 1 is 1.34 bits per heavy atom. The smallest absolute Gasteiger partial charge is 0.327 e. The molecule has 2 fully saturated rings.